The van der Waals surface area contributed by atoms with Gasteiger partial charge in [-0.05, 0) is 35.6 Å². The summed E-state index contributed by atoms with van der Waals surface area (Å²) in [6.45, 7) is 3.95. The molecule has 4 rings (SSSR count). The molecule has 0 atom stereocenters. The largest absolute Gasteiger partial charge is 0.309 e. The lowest BCUT2D eigenvalue weighted by atomic mass is 9.95. The fourth-order valence-electron chi connectivity index (χ4n) is 3.23. The van der Waals surface area contributed by atoms with Crippen LogP contribution in [0.3, 0.4) is 0 Å². The number of anilines is 1. The fourth-order valence-corrected chi connectivity index (χ4v) is 4.92. The summed E-state index contributed by atoms with van der Waals surface area (Å²) < 4.78 is 26.6. The van der Waals surface area contributed by atoms with E-state index >= 15 is 0 Å². The lowest BCUT2D eigenvalue weighted by Gasteiger charge is -2.19. The number of hydrogen-bond donors (Lipinski definition) is 1. The Hall–Kier alpha value is -1.59. The number of benzene rings is 2. The van der Waals surface area contributed by atoms with Crippen LogP contribution in [0.2, 0.25) is 0 Å². The van der Waals surface area contributed by atoms with E-state index in [1.807, 2.05) is 25.1 Å². The standard InChI is InChI=1S/C14H14N2O2S/c1-2-16-11-5-3-9-7-15-8-10-4-6-12(19(16,17)18)14(11)13(9)10/h3-6,15H,2,7-8H2,1H3. The lowest BCUT2D eigenvalue weighted by Crippen LogP contribution is -2.26. The first-order valence-electron chi connectivity index (χ1n) is 6.45. The minimum Gasteiger partial charge on any atom is -0.309 e. The van der Waals surface area contributed by atoms with Gasteiger partial charge < -0.3 is 5.32 Å². The van der Waals surface area contributed by atoms with E-state index < -0.39 is 10.0 Å². The van der Waals surface area contributed by atoms with Crippen molar-refractivity contribution < 1.29 is 8.42 Å². The summed E-state index contributed by atoms with van der Waals surface area (Å²) in [6, 6.07) is 7.67. The quantitative estimate of drug-likeness (QED) is 0.865. The van der Waals surface area contributed by atoms with Crippen LogP contribution in [0.5, 0.6) is 0 Å². The van der Waals surface area contributed by atoms with Crippen LogP contribution in [-0.2, 0) is 23.1 Å². The molecule has 0 saturated heterocycles. The first-order valence-corrected chi connectivity index (χ1v) is 7.89. The maximum atomic E-state index is 12.5. The molecule has 4 nitrogen and oxygen atoms in total. The van der Waals surface area contributed by atoms with Crippen LogP contribution in [0.4, 0.5) is 5.69 Å². The molecule has 2 heterocycles. The SMILES string of the molecule is CCN1c2ccc3c4c(ccc(c24)S1(=O)=O)CNC3. The highest BCUT2D eigenvalue weighted by molar-refractivity contribution is 7.93. The van der Waals surface area contributed by atoms with Crippen LogP contribution in [0.15, 0.2) is 29.2 Å². The Labute approximate surface area is 112 Å². The zero-order valence-electron chi connectivity index (χ0n) is 10.6. The molecule has 2 aliphatic heterocycles. The Bertz CT molecular complexity index is 802. The average molecular weight is 274 g/mol. The molecule has 0 aliphatic carbocycles. The molecule has 0 spiro atoms. The van der Waals surface area contributed by atoms with E-state index in [1.54, 1.807) is 6.07 Å². The second-order valence-corrected chi connectivity index (χ2v) is 6.82. The molecule has 0 fully saturated rings. The van der Waals surface area contributed by atoms with Gasteiger partial charge in [0.05, 0.1) is 10.6 Å². The number of nitrogens with zero attached hydrogens (tertiary/aromatic N) is 1. The molecule has 0 radical (unpaired) electrons. The van der Waals surface area contributed by atoms with Crippen LogP contribution >= 0.6 is 0 Å². The van der Waals surface area contributed by atoms with Crippen LogP contribution in [-0.4, -0.2) is 15.0 Å². The Morgan fingerprint density at radius 2 is 1.79 bits per heavy atom. The zero-order valence-corrected chi connectivity index (χ0v) is 11.4. The molecule has 2 aliphatic rings. The van der Waals surface area contributed by atoms with E-state index in [0.29, 0.717) is 11.4 Å². The van der Waals surface area contributed by atoms with E-state index in [9.17, 15) is 8.42 Å². The summed E-state index contributed by atoms with van der Waals surface area (Å²) >= 11 is 0. The Kier molecular flexibility index (Phi) is 2.07. The van der Waals surface area contributed by atoms with Crippen molar-refractivity contribution in [2.45, 2.75) is 24.9 Å². The molecule has 0 saturated carbocycles. The predicted octanol–water partition coefficient (Wildman–Crippen LogP) is 1.97. The van der Waals surface area contributed by atoms with Crippen molar-refractivity contribution in [3.63, 3.8) is 0 Å². The highest BCUT2D eigenvalue weighted by Gasteiger charge is 2.36. The molecule has 0 aromatic heterocycles. The molecular formula is C14H14N2O2S. The molecule has 2 aromatic carbocycles. The maximum Gasteiger partial charge on any atom is 0.265 e. The highest BCUT2D eigenvalue weighted by atomic mass is 32.2. The predicted molar refractivity (Wildman–Crippen MR) is 74.7 cm³/mol. The van der Waals surface area contributed by atoms with Crippen LogP contribution in [0.1, 0.15) is 18.1 Å². The summed E-state index contributed by atoms with van der Waals surface area (Å²) in [5.74, 6) is 0. The summed E-state index contributed by atoms with van der Waals surface area (Å²) in [7, 11) is -3.35. The van der Waals surface area contributed by atoms with Gasteiger partial charge in [-0.3, -0.25) is 4.31 Å². The minimum absolute atomic E-state index is 0.465. The molecule has 0 amide bonds. The van der Waals surface area contributed by atoms with Gasteiger partial charge in [-0.15, -0.1) is 0 Å². The van der Waals surface area contributed by atoms with Gasteiger partial charge in [0, 0.05) is 25.0 Å². The molecule has 1 N–H and O–H groups in total. The summed E-state index contributed by atoms with van der Waals surface area (Å²) in [5, 5.41) is 5.39. The number of rotatable bonds is 1. The van der Waals surface area contributed by atoms with Gasteiger partial charge in [0.25, 0.3) is 10.0 Å². The smallest absolute Gasteiger partial charge is 0.265 e. The van der Waals surface area contributed by atoms with Crippen LogP contribution < -0.4 is 9.62 Å². The third-order valence-corrected chi connectivity index (χ3v) is 5.96. The fraction of sp³-hybridized carbons (Fsp3) is 0.286. The van der Waals surface area contributed by atoms with Crippen LogP contribution in [0.25, 0.3) is 10.8 Å². The van der Waals surface area contributed by atoms with Crippen molar-refractivity contribution in [1.82, 2.24) is 5.32 Å². The van der Waals surface area contributed by atoms with Gasteiger partial charge in [0.1, 0.15) is 0 Å². The van der Waals surface area contributed by atoms with Crippen molar-refractivity contribution in [2.24, 2.45) is 0 Å². The Balaban J connectivity index is 2.23. The summed E-state index contributed by atoms with van der Waals surface area (Å²) in [4.78, 5) is 0.465. The minimum atomic E-state index is -3.35. The van der Waals surface area contributed by atoms with E-state index in [4.69, 9.17) is 0 Å². The monoisotopic (exact) mass is 274 g/mol. The van der Waals surface area contributed by atoms with Crippen molar-refractivity contribution >= 4 is 26.5 Å². The van der Waals surface area contributed by atoms with E-state index in [1.165, 1.54) is 15.4 Å². The van der Waals surface area contributed by atoms with Crippen molar-refractivity contribution in [1.29, 1.82) is 0 Å². The zero-order chi connectivity index (χ0) is 13.2. The highest BCUT2D eigenvalue weighted by Crippen LogP contribution is 2.45. The topological polar surface area (TPSA) is 49.4 Å². The van der Waals surface area contributed by atoms with Gasteiger partial charge in [-0.2, -0.15) is 0 Å². The normalized spacial score (nSPS) is 19.1. The lowest BCUT2D eigenvalue weighted by molar-refractivity contribution is 0.595. The molecular weight excluding hydrogens is 260 g/mol. The van der Waals surface area contributed by atoms with Gasteiger partial charge in [-0.25, -0.2) is 8.42 Å². The molecule has 0 bridgehead atoms. The summed E-state index contributed by atoms with van der Waals surface area (Å²) in [6.07, 6.45) is 0. The maximum absolute atomic E-state index is 12.5. The first kappa shape index (κ1) is 11.3. The molecule has 2 aromatic rings. The van der Waals surface area contributed by atoms with Crippen molar-refractivity contribution in [3.05, 3.63) is 35.4 Å². The van der Waals surface area contributed by atoms with E-state index in [-0.39, 0.29) is 0 Å². The number of sulfonamides is 1. The van der Waals surface area contributed by atoms with Gasteiger partial charge in [0.15, 0.2) is 0 Å². The molecule has 0 unspecified atom stereocenters. The second kappa shape index (κ2) is 3.49. The average Bonchev–Trinajstić information content (AvgIpc) is 2.64. The van der Waals surface area contributed by atoms with E-state index in [2.05, 4.69) is 5.32 Å². The third kappa shape index (κ3) is 1.24. The Morgan fingerprint density at radius 1 is 1.11 bits per heavy atom. The number of nitrogens with one attached hydrogen (secondary N) is 1. The molecule has 19 heavy (non-hydrogen) atoms. The van der Waals surface area contributed by atoms with Gasteiger partial charge in [0.2, 0.25) is 0 Å². The van der Waals surface area contributed by atoms with Gasteiger partial charge in [-0.1, -0.05) is 12.1 Å². The number of hydrogen-bond acceptors (Lipinski definition) is 3. The molecule has 98 valence electrons. The Morgan fingerprint density at radius 3 is 2.47 bits per heavy atom. The third-order valence-electron chi connectivity index (χ3n) is 4.03. The van der Waals surface area contributed by atoms with Crippen molar-refractivity contribution in [3.8, 4) is 0 Å². The van der Waals surface area contributed by atoms with Gasteiger partial charge >= 0.3 is 0 Å². The van der Waals surface area contributed by atoms with Crippen molar-refractivity contribution in [2.75, 3.05) is 10.8 Å². The van der Waals surface area contributed by atoms with Crippen LogP contribution in [0, 0.1) is 0 Å². The van der Waals surface area contributed by atoms with E-state index in [0.717, 1.165) is 29.5 Å². The molecule has 5 heteroatoms. The second-order valence-electron chi connectivity index (χ2n) is 4.99. The first-order chi connectivity index (χ1) is 9.14. The summed E-state index contributed by atoms with van der Waals surface area (Å²) in [5.41, 5.74) is 3.21.